The van der Waals surface area contributed by atoms with Crippen molar-refractivity contribution in [2.24, 2.45) is 10.2 Å². The van der Waals surface area contributed by atoms with Crippen LogP contribution in [-0.2, 0) is 9.59 Å². The van der Waals surface area contributed by atoms with Crippen molar-refractivity contribution in [3.05, 3.63) is 59.1 Å². The minimum Gasteiger partial charge on any atom is -0.481 e. The highest BCUT2D eigenvalue weighted by Gasteiger charge is 2.32. The van der Waals surface area contributed by atoms with Gasteiger partial charge in [-0.3, -0.25) is 9.59 Å². The van der Waals surface area contributed by atoms with E-state index in [9.17, 15) is 9.59 Å². The Morgan fingerprint density at radius 1 is 1.19 bits per heavy atom. The van der Waals surface area contributed by atoms with Crippen molar-refractivity contribution < 1.29 is 14.7 Å². The zero-order valence-corrected chi connectivity index (χ0v) is 15.0. The maximum atomic E-state index is 11.7. The number of halogens is 1. The Hall–Kier alpha value is -2.64. The molecule has 1 unspecified atom stereocenters. The van der Waals surface area contributed by atoms with E-state index in [1.807, 2.05) is 48.5 Å². The van der Waals surface area contributed by atoms with Gasteiger partial charge in [0.25, 0.3) is 0 Å². The summed E-state index contributed by atoms with van der Waals surface area (Å²) in [6.07, 6.45) is 1.32. The molecule has 0 aromatic heterocycles. The molecule has 1 fully saturated rings. The fourth-order valence-corrected chi connectivity index (χ4v) is 3.58. The van der Waals surface area contributed by atoms with E-state index in [0.29, 0.717) is 5.02 Å². The van der Waals surface area contributed by atoms with Crippen LogP contribution >= 0.6 is 23.4 Å². The smallest absolute Gasteiger partial charge is 0.305 e. The summed E-state index contributed by atoms with van der Waals surface area (Å²) < 4.78 is 0. The fourth-order valence-electron chi connectivity index (χ4n) is 2.42. The molecule has 3 rings (SSSR count). The third kappa shape index (κ3) is 4.30. The van der Waals surface area contributed by atoms with Crippen LogP contribution in [0.1, 0.15) is 12.0 Å². The van der Waals surface area contributed by atoms with Gasteiger partial charge in [-0.2, -0.15) is 5.10 Å². The first-order chi connectivity index (χ1) is 12.5. The van der Waals surface area contributed by atoms with Crippen molar-refractivity contribution in [3.63, 3.8) is 0 Å². The van der Waals surface area contributed by atoms with Crippen molar-refractivity contribution in [1.82, 2.24) is 5.32 Å². The number of nitrogens with zero attached hydrogens (tertiary/aromatic N) is 2. The average molecular weight is 388 g/mol. The average Bonchev–Trinajstić information content (AvgIpc) is 2.95. The lowest BCUT2D eigenvalue weighted by Gasteiger charge is -2.07. The van der Waals surface area contributed by atoms with Crippen molar-refractivity contribution >= 4 is 46.6 Å². The van der Waals surface area contributed by atoms with E-state index in [1.165, 1.54) is 0 Å². The normalized spacial score (nSPS) is 18.4. The van der Waals surface area contributed by atoms with Gasteiger partial charge in [0.15, 0.2) is 5.17 Å². The number of rotatable bonds is 5. The van der Waals surface area contributed by atoms with Crippen LogP contribution < -0.4 is 5.32 Å². The molecule has 1 saturated heterocycles. The lowest BCUT2D eigenvalue weighted by Crippen LogP contribution is -2.26. The first-order valence-electron chi connectivity index (χ1n) is 7.69. The lowest BCUT2D eigenvalue weighted by molar-refractivity contribution is -0.138. The number of amidine groups is 1. The molecule has 1 aliphatic rings. The second kappa shape index (κ2) is 8.16. The Morgan fingerprint density at radius 3 is 2.62 bits per heavy atom. The quantitative estimate of drug-likeness (QED) is 0.607. The summed E-state index contributed by atoms with van der Waals surface area (Å²) in [7, 11) is 0. The number of carboxylic acid groups (broad SMARTS) is 1. The molecule has 0 radical (unpaired) electrons. The molecule has 2 aromatic carbocycles. The molecule has 6 nitrogen and oxygen atoms in total. The fraction of sp³-hybridized carbons (Fsp3) is 0.111. The summed E-state index contributed by atoms with van der Waals surface area (Å²) in [5.41, 5.74) is 2.62. The second-order valence-electron chi connectivity index (χ2n) is 5.41. The van der Waals surface area contributed by atoms with Crippen molar-refractivity contribution in [1.29, 1.82) is 0 Å². The predicted molar refractivity (Wildman–Crippen MR) is 104 cm³/mol. The molecule has 0 aliphatic carbocycles. The van der Waals surface area contributed by atoms with E-state index in [2.05, 4.69) is 15.5 Å². The van der Waals surface area contributed by atoms with Crippen LogP contribution in [0.25, 0.3) is 11.1 Å². The topological polar surface area (TPSA) is 91.1 Å². The monoisotopic (exact) mass is 387 g/mol. The van der Waals surface area contributed by atoms with Gasteiger partial charge in [-0.25, -0.2) is 0 Å². The summed E-state index contributed by atoms with van der Waals surface area (Å²) in [6, 6.07) is 15.1. The van der Waals surface area contributed by atoms with Gasteiger partial charge in [-0.1, -0.05) is 65.8 Å². The molecule has 0 saturated carbocycles. The number of hydrogen-bond donors (Lipinski definition) is 2. The first-order valence-corrected chi connectivity index (χ1v) is 8.94. The van der Waals surface area contributed by atoms with E-state index in [-0.39, 0.29) is 17.5 Å². The molecule has 132 valence electrons. The zero-order valence-electron chi connectivity index (χ0n) is 13.4. The number of carboxylic acids is 1. The number of thioether (sulfide) groups is 1. The summed E-state index contributed by atoms with van der Waals surface area (Å²) in [5, 5.41) is 19.6. The molecule has 1 heterocycles. The molecular weight excluding hydrogens is 374 g/mol. The minimum atomic E-state index is -1.03. The molecule has 2 aromatic rings. The molecule has 26 heavy (non-hydrogen) atoms. The SMILES string of the molecule is O=C(O)CC1SC(=NN=Cc2ccccc2-c2ccccc2Cl)NC1=O. The van der Waals surface area contributed by atoms with Crippen LogP contribution in [0.5, 0.6) is 0 Å². The maximum absolute atomic E-state index is 11.7. The number of aliphatic carboxylic acids is 1. The Kier molecular flexibility index (Phi) is 5.70. The summed E-state index contributed by atoms with van der Waals surface area (Å²) in [6.45, 7) is 0. The summed E-state index contributed by atoms with van der Waals surface area (Å²) >= 11 is 7.33. The maximum Gasteiger partial charge on any atom is 0.305 e. The Balaban J connectivity index is 1.79. The van der Waals surface area contributed by atoms with Crippen LogP contribution in [0.4, 0.5) is 0 Å². The highest BCUT2D eigenvalue weighted by molar-refractivity contribution is 8.15. The zero-order chi connectivity index (χ0) is 18.5. The molecular formula is C18H14ClN3O3S. The number of amides is 1. The number of nitrogens with one attached hydrogen (secondary N) is 1. The van der Waals surface area contributed by atoms with Gasteiger partial charge < -0.3 is 10.4 Å². The van der Waals surface area contributed by atoms with Gasteiger partial charge >= 0.3 is 5.97 Å². The Bertz CT molecular complexity index is 914. The number of benzene rings is 2. The van der Waals surface area contributed by atoms with Crippen LogP contribution in [0.3, 0.4) is 0 Å². The van der Waals surface area contributed by atoms with E-state index in [1.54, 1.807) is 6.21 Å². The summed E-state index contributed by atoms with van der Waals surface area (Å²) in [5.74, 6) is -1.40. The van der Waals surface area contributed by atoms with Gasteiger partial charge in [0, 0.05) is 16.1 Å². The highest BCUT2D eigenvalue weighted by atomic mass is 35.5. The van der Waals surface area contributed by atoms with E-state index < -0.39 is 11.2 Å². The van der Waals surface area contributed by atoms with Gasteiger partial charge in [0.05, 0.1) is 12.6 Å². The molecule has 0 spiro atoms. The van der Waals surface area contributed by atoms with Crippen LogP contribution in [0, 0.1) is 0 Å². The van der Waals surface area contributed by atoms with Gasteiger partial charge in [0.1, 0.15) is 5.25 Å². The first kappa shape index (κ1) is 18.2. The molecule has 0 bridgehead atoms. The lowest BCUT2D eigenvalue weighted by atomic mass is 10.0. The largest absolute Gasteiger partial charge is 0.481 e. The molecule has 2 N–H and O–H groups in total. The number of carbonyl (C=O) groups is 2. The van der Waals surface area contributed by atoms with Gasteiger partial charge in [-0.05, 0) is 11.6 Å². The van der Waals surface area contributed by atoms with Crippen molar-refractivity contribution in [2.75, 3.05) is 0 Å². The van der Waals surface area contributed by atoms with Crippen LogP contribution in [-0.4, -0.2) is 33.6 Å². The molecule has 1 atom stereocenters. The van der Waals surface area contributed by atoms with E-state index in [4.69, 9.17) is 16.7 Å². The van der Waals surface area contributed by atoms with Crippen LogP contribution in [0.15, 0.2) is 58.7 Å². The van der Waals surface area contributed by atoms with Crippen molar-refractivity contribution in [3.8, 4) is 11.1 Å². The van der Waals surface area contributed by atoms with Gasteiger partial charge in [0.2, 0.25) is 5.91 Å². The van der Waals surface area contributed by atoms with Crippen LogP contribution in [0.2, 0.25) is 5.02 Å². The van der Waals surface area contributed by atoms with Gasteiger partial charge in [-0.15, -0.1) is 5.10 Å². The van der Waals surface area contributed by atoms with E-state index in [0.717, 1.165) is 28.5 Å². The standard InChI is InChI=1S/C18H14ClN3O3S/c19-14-8-4-3-7-13(14)12-6-2-1-5-11(12)10-20-22-18-21-17(25)15(26-18)9-16(23)24/h1-8,10,15H,9H2,(H,23,24)(H,21,22,25). The number of hydrogen-bond acceptors (Lipinski definition) is 5. The highest BCUT2D eigenvalue weighted by Crippen LogP contribution is 2.29. The Morgan fingerprint density at radius 2 is 1.88 bits per heavy atom. The Labute approximate surface area is 159 Å². The predicted octanol–water partition coefficient (Wildman–Crippen LogP) is 3.40. The molecule has 8 heteroatoms. The third-order valence-electron chi connectivity index (χ3n) is 3.61. The minimum absolute atomic E-state index is 0.255. The van der Waals surface area contributed by atoms with E-state index >= 15 is 0 Å². The molecule has 1 aliphatic heterocycles. The number of carbonyl (C=O) groups excluding carboxylic acids is 1. The molecule has 1 amide bonds. The third-order valence-corrected chi connectivity index (χ3v) is 5.01. The van der Waals surface area contributed by atoms with Crippen molar-refractivity contribution in [2.45, 2.75) is 11.7 Å². The summed E-state index contributed by atoms with van der Waals surface area (Å²) in [4.78, 5) is 22.4. The second-order valence-corrected chi connectivity index (χ2v) is 7.01.